The molecule has 20 heavy (non-hydrogen) atoms. The van der Waals surface area contributed by atoms with E-state index >= 15 is 0 Å². The van der Waals surface area contributed by atoms with E-state index < -0.39 is 0 Å². The lowest BCUT2D eigenvalue weighted by molar-refractivity contribution is -0.113. The molecule has 0 atom stereocenters. The molecule has 0 aliphatic carbocycles. The molecule has 0 unspecified atom stereocenters. The van der Waals surface area contributed by atoms with E-state index in [1.165, 1.54) is 11.8 Å². The fourth-order valence-corrected chi connectivity index (χ4v) is 2.28. The van der Waals surface area contributed by atoms with Crippen LogP contribution in [-0.2, 0) is 4.79 Å². The van der Waals surface area contributed by atoms with Gasteiger partial charge in [-0.3, -0.25) is 4.79 Å². The highest BCUT2D eigenvalue weighted by atomic mass is 35.5. The molecule has 0 bridgehead atoms. The van der Waals surface area contributed by atoms with Crippen LogP contribution in [0.2, 0.25) is 10.0 Å². The molecule has 3 N–H and O–H groups in total. The average molecular weight is 328 g/mol. The highest BCUT2D eigenvalue weighted by Gasteiger charge is 2.06. The first-order valence-electron chi connectivity index (χ1n) is 5.64. The summed E-state index contributed by atoms with van der Waals surface area (Å²) in [6, 6.07) is 8.45. The first-order valence-corrected chi connectivity index (χ1v) is 7.38. The van der Waals surface area contributed by atoms with Gasteiger partial charge in [-0.1, -0.05) is 35.0 Å². The number of anilines is 2. The largest absolute Gasteiger partial charge is 0.397 e. The highest BCUT2D eigenvalue weighted by molar-refractivity contribution is 7.99. The van der Waals surface area contributed by atoms with Crippen LogP contribution in [0.1, 0.15) is 0 Å². The second-order valence-corrected chi connectivity index (χ2v) is 5.73. The number of nitrogens with two attached hydrogens (primary N) is 1. The van der Waals surface area contributed by atoms with Gasteiger partial charge < -0.3 is 11.1 Å². The maximum atomic E-state index is 11.8. The van der Waals surface area contributed by atoms with Crippen LogP contribution in [0.5, 0.6) is 0 Å². The van der Waals surface area contributed by atoms with Gasteiger partial charge in [0, 0.05) is 11.9 Å². The van der Waals surface area contributed by atoms with Crippen LogP contribution < -0.4 is 11.1 Å². The summed E-state index contributed by atoms with van der Waals surface area (Å²) in [6.45, 7) is 0. The van der Waals surface area contributed by atoms with Crippen molar-refractivity contribution in [3.8, 4) is 0 Å². The molecule has 1 heterocycles. The Morgan fingerprint density at radius 2 is 2.10 bits per heavy atom. The number of aromatic nitrogens is 1. The second kappa shape index (κ2) is 6.83. The molecular weight excluding hydrogens is 317 g/mol. The van der Waals surface area contributed by atoms with E-state index in [-0.39, 0.29) is 11.7 Å². The molecule has 4 nitrogen and oxygen atoms in total. The van der Waals surface area contributed by atoms with Gasteiger partial charge in [0.2, 0.25) is 5.91 Å². The molecule has 2 rings (SSSR count). The number of rotatable bonds is 4. The number of nitrogen functional groups attached to an aromatic ring is 1. The average Bonchev–Trinajstić information content (AvgIpc) is 2.42. The van der Waals surface area contributed by atoms with Gasteiger partial charge >= 0.3 is 0 Å². The predicted molar refractivity (Wildman–Crippen MR) is 84.5 cm³/mol. The normalized spacial score (nSPS) is 10.3. The van der Waals surface area contributed by atoms with Crippen LogP contribution in [0.4, 0.5) is 11.4 Å². The van der Waals surface area contributed by atoms with E-state index in [1.807, 2.05) is 0 Å². The number of benzene rings is 1. The number of halogens is 2. The number of carbonyl (C=O) groups is 1. The number of amides is 1. The standard InChI is InChI=1S/C13H11Cl2N3OS/c14-8-1-4-13(17-6-8)20-7-12(19)18-9-2-3-10(15)11(16)5-9/h1-6H,7,16H2,(H,18,19). The topological polar surface area (TPSA) is 68.0 Å². The van der Waals surface area contributed by atoms with Crippen molar-refractivity contribution in [1.82, 2.24) is 4.98 Å². The molecular formula is C13H11Cl2N3OS. The van der Waals surface area contributed by atoms with Crippen LogP contribution >= 0.6 is 35.0 Å². The summed E-state index contributed by atoms with van der Waals surface area (Å²) < 4.78 is 0. The van der Waals surface area contributed by atoms with Crippen LogP contribution in [0.25, 0.3) is 0 Å². The van der Waals surface area contributed by atoms with Gasteiger partial charge in [0.15, 0.2) is 0 Å². The molecule has 0 saturated heterocycles. The Morgan fingerprint density at radius 3 is 2.75 bits per heavy atom. The molecule has 1 aromatic heterocycles. The molecule has 1 aromatic carbocycles. The van der Waals surface area contributed by atoms with Gasteiger partial charge in [-0.15, -0.1) is 0 Å². The lowest BCUT2D eigenvalue weighted by Gasteiger charge is -2.06. The Hall–Kier alpha value is -1.43. The molecule has 0 saturated carbocycles. The SMILES string of the molecule is Nc1cc(NC(=O)CSc2ccc(Cl)cn2)ccc1Cl. The van der Waals surface area contributed by atoms with E-state index in [2.05, 4.69) is 10.3 Å². The maximum Gasteiger partial charge on any atom is 0.234 e. The quantitative estimate of drug-likeness (QED) is 0.663. The summed E-state index contributed by atoms with van der Waals surface area (Å²) in [5.41, 5.74) is 6.70. The van der Waals surface area contributed by atoms with E-state index in [0.29, 0.717) is 21.4 Å². The summed E-state index contributed by atoms with van der Waals surface area (Å²) in [7, 11) is 0. The molecule has 0 aliphatic rings. The lowest BCUT2D eigenvalue weighted by atomic mass is 10.3. The minimum Gasteiger partial charge on any atom is -0.397 e. The van der Waals surface area contributed by atoms with Gasteiger partial charge in [0.25, 0.3) is 0 Å². The van der Waals surface area contributed by atoms with Crippen molar-refractivity contribution in [2.45, 2.75) is 5.03 Å². The molecule has 104 valence electrons. The Labute approximate surface area is 130 Å². The molecule has 0 aliphatic heterocycles. The van der Waals surface area contributed by atoms with Crippen LogP contribution in [-0.4, -0.2) is 16.6 Å². The summed E-state index contributed by atoms with van der Waals surface area (Å²) in [5, 5.41) is 4.50. The van der Waals surface area contributed by atoms with Gasteiger partial charge in [0.05, 0.1) is 26.5 Å². The summed E-state index contributed by atoms with van der Waals surface area (Å²) >= 11 is 12.9. The Bertz CT molecular complexity index is 620. The fourth-order valence-electron chi connectivity index (χ4n) is 1.41. The first-order chi connectivity index (χ1) is 9.54. The van der Waals surface area contributed by atoms with Gasteiger partial charge in [0.1, 0.15) is 0 Å². The molecule has 1 amide bonds. The van der Waals surface area contributed by atoms with Gasteiger partial charge in [-0.2, -0.15) is 0 Å². The van der Waals surface area contributed by atoms with Gasteiger partial charge in [-0.25, -0.2) is 4.98 Å². The molecule has 0 radical (unpaired) electrons. The number of hydrogen-bond donors (Lipinski definition) is 2. The first kappa shape index (κ1) is 15.0. The Kier molecular flexibility index (Phi) is 5.11. The Morgan fingerprint density at radius 1 is 1.30 bits per heavy atom. The molecule has 0 fully saturated rings. The maximum absolute atomic E-state index is 11.8. The molecule has 7 heteroatoms. The van der Waals surface area contributed by atoms with Crippen molar-refractivity contribution in [2.75, 3.05) is 16.8 Å². The number of thioether (sulfide) groups is 1. The monoisotopic (exact) mass is 327 g/mol. The van der Waals surface area contributed by atoms with E-state index in [0.717, 1.165) is 5.03 Å². The van der Waals surface area contributed by atoms with E-state index in [9.17, 15) is 4.79 Å². The van der Waals surface area contributed by atoms with E-state index in [1.54, 1.807) is 36.5 Å². The third-order valence-electron chi connectivity index (χ3n) is 2.33. The second-order valence-electron chi connectivity index (χ2n) is 3.89. The van der Waals surface area contributed by atoms with Crippen molar-refractivity contribution in [3.05, 3.63) is 46.6 Å². The summed E-state index contributed by atoms with van der Waals surface area (Å²) in [6.07, 6.45) is 1.54. The number of nitrogens with zero attached hydrogens (tertiary/aromatic N) is 1. The molecule has 2 aromatic rings. The summed E-state index contributed by atoms with van der Waals surface area (Å²) in [5.74, 6) is 0.102. The van der Waals surface area contributed by atoms with Crippen LogP contribution in [0.3, 0.4) is 0 Å². The zero-order chi connectivity index (χ0) is 14.5. The number of nitrogens with one attached hydrogen (secondary N) is 1. The van der Waals surface area contributed by atoms with Crippen molar-refractivity contribution in [3.63, 3.8) is 0 Å². The van der Waals surface area contributed by atoms with Crippen molar-refractivity contribution in [1.29, 1.82) is 0 Å². The number of pyridine rings is 1. The fraction of sp³-hybridized carbons (Fsp3) is 0.0769. The lowest BCUT2D eigenvalue weighted by Crippen LogP contribution is -2.14. The minimum absolute atomic E-state index is 0.145. The van der Waals surface area contributed by atoms with Gasteiger partial charge in [-0.05, 0) is 30.3 Å². The number of hydrogen-bond acceptors (Lipinski definition) is 4. The predicted octanol–water partition coefficient (Wildman–Crippen LogP) is 3.70. The van der Waals surface area contributed by atoms with Crippen molar-refractivity contribution in [2.24, 2.45) is 0 Å². The van der Waals surface area contributed by atoms with Crippen molar-refractivity contribution >= 4 is 52.2 Å². The Balaban J connectivity index is 1.89. The number of carbonyl (C=O) groups excluding carboxylic acids is 1. The highest BCUT2D eigenvalue weighted by Crippen LogP contribution is 2.23. The summed E-state index contributed by atoms with van der Waals surface area (Å²) in [4.78, 5) is 15.9. The minimum atomic E-state index is -0.145. The van der Waals surface area contributed by atoms with Crippen LogP contribution in [0, 0.1) is 0 Å². The van der Waals surface area contributed by atoms with E-state index in [4.69, 9.17) is 28.9 Å². The molecule has 0 spiro atoms. The third kappa shape index (κ3) is 4.30. The van der Waals surface area contributed by atoms with Crippen LogP contribution in [0.15, 0.2) is 41.6 Å². The third-order valence-corrected chi connectivity index (χ3v) is 3.84. The zero-order valence-electron chi connectivity index (χ0n) is 10.3. The smallest absolute Gasteiger partial charge is 0.234 e. The zero-order valence-corrected chi connectivity index (χ0v) is 12.6. The van der Waals surface area contributed by atoms with Crippen molar-refractivity contribution < 1.29 is 4.79 Å².